The number of hydrogen-bond acceptors (Lipinski definition) is 4. The molecule has 1 N–H and O–H groups in total. The second-order valence-electron chi connectivity index (χ2n) is 4.52. The van der Waals surface area contributed by atoms with E-state index in [0.717, 1.165) is 6.42 Å². The lowest BCUT2D eigenvalue weighted by molar-refractivity contribution is -0.130. The van der Waals surface area contributed by atoms with Crippen LogP contribution in [0.2, 0.25) is 0 Å². The van der Waals surface area contributed by atoms with Crippen LogP contribution in [0.4, 0.5) is 4.39 Å². The van der Waals surface area contributed by atoms with Gasteiger partial charge in [-0.1, -0.05) is 0 Å². The summed E-state index contributed by atoms with van der Waals surface area (Å²) in [6.45, 7) is 2.29. The minimum Gasteiger partial charge on any atom is -0.494 e. The number of ether oxygens (including phenoxy) is 2. The van der Waals surface area contributed by atoms with E-state index in [0.29, 0.717) is 24.3 Å². The molecule has 0 bridgehead atoms. The number of hydrogen-bond donors (Lipinski definition) is 1. The summed E-state index contributed by atoms with van der Waals surface area (Å²) in [7, 11) is 1.40. The second kappa shape index (κ2) is 6.47. The van der Waals surface area contributed by atoms with Crippen molar-refractivity contribution >= 4 is 11.6 Å². The van der Waals surface area contributed by atoms with Gasteiger partial charge in [0.15, 0.2) is 11.6 Å². The quantitative estimate of drug-likeness (QED) is 0.676. The molecule has 1 unspecified atom stereocenters. The minimum absolute atomic E-state index is 0.171. The molecule has 0 radical (unpaired) electrons. The number of amides is 1. The third kappa shape index (κ3) is 3.33. The molecule has 1 amide bonds. The van der Waals surface area contributed by atoms with Gasteiger partial charge in [0.25, 0.3) is 5.91 Å². The lowest BCUT2D eigenvalue weighted by Crippen LogP contribution is -2.31. The molecule has 1 atom stereocenters. The molecule has 1 aliphatic heterocycles. The summed E-state index contributed by atoms with van der Waals surface area (Å²) in [6, 6.07) is 4.51. The number of carbonyl (C=O) groups is 1. The first kappa shape index (κ1) is 14.5. The Morgan fingerprint density at radius 2 is 2.35 bits per heavy atom. The molecule has 5 nitrogen and oxygen atoms in total. The Kier molecular flexibility index (Phi) is 4.68. The van der Waals surface area contributed by atoms with Gasteiger partial charge < -0.3 is 9.47 Å². The van der Waals surface area contributed by atoms with Gasteiger partial charge in [-0.2, -0.15) is 5.10 Å². The fourth-order valence-electron chi connectivity index (χ4n) is 1.95. The normalized spacial score (nSPS) is 18.9. The van der Waals surface area contributed by atoms with Gasteiger partial charge in [0.05, 0.1) is 12.8 Å². The molecule has 1 heterocycles. The number of carbonyl (C=O) groups excluding carboxylic acids is 1. The smallest absolute Gasteiger partial charge is 0.269 e. The molecule has 1 aromatic rings. The van der Waals surface area contributed by atoms with Gasteiger partial charge in [-0.15, -0.1) is 0 Å². The number of rotatable bonds is 4. The zero-order chi connectivity index (χ0) is 14.5. The maximum Gasteiger partial charge on any atom is 0.269 e. The molecular formula is C14H17FN2O3. The van der Waals surface area contributed by atoms with Crippen LogP contribution in [0.15, 0.2) is 23.3 Å². The van der Waals surface area contributed by atoms with Crippen LogP contribution < -0.4 is 10.2 Å². The van der Waals surface area contributed by atoms with E-state index < -0.39 is 11.9 Å². The van der Waals surface area contributed by atoms with Crippen molar-refractivity contribution < 1.29 is 18.7 Å². The Balaban J connectivity index is 2.02. The van der Waals surface area contributed by atoms with E-state index in [-0.39, 0.29) is 11.7 Å². The minimum atomic E-state index is -0.468. The fraction of sp³-hybridized carbons (Fsp3) is 0.429. The lowest BCUT2D eigenvalue weighted by Gasteiger charge is -2.08. The van der Waals surface area contributed by atoms with Crippen molar-refractivity contribution in [3.8, 4) is 5.75 Å². The van der Waals surface area contributed by atoms with E-state index in [1.54, 1.807) is 13.0 Å². The van der Waals surface area contributed by atoms with Crippen molar-refractivity contribution in [2.45, 2.75) is 25.9 Å². The molecule has 108 valence electrons. The first-order valence-electron chi connectivity index (χ1n) is 6.41. The molecule has 1 saturated heterocycles. The summed E-state index contributed by atoms with van der Waals surface area (Å²) in [5.74, 6) is -0.564. The highest BCUT2D eigenvalue weighted by Gasteiger charge is 2.23. The van der Waals surface area contributed by atoms with E-state index in [4.69, 9.17) is 9.47 Å². The van der Waals surface area contributed by atoms with Crippen LogP contribution >= 0.6 is 0 Å². The average molecular weight is 280 g/mol. The van der Waals surface area contributed by atoms with Gasteiger partial charge in [-0.25, -0.2) is 9.82 Å². The van der Waals surface area contributed by atoms with E-state index in [2.05, 4.69) is 10.5 Å². The van der Waals surface area contributed by atoms with Crippen LogP contribution in [-0.2, 0) is 9.53 Å². The molecule has 0 aliphatic carbocycles. The molecule has 2 rings (SSSR count). The van der Waals surface area contributed by atoms with Crippen LogP contribution in [0.3, 0.4) is 0 Å². The van der Waals surface area contributed by atoms with E-state index in [9.17, 15) is 9.18 Å². The fourth-order valence-corrected chi connectivity index (χ4v) is 1.95. The summed E-state index contributed by atoms with van der Waals surface area (Å²) in [6.07, 6.45) is 1.15. The first-order chi connectivity index (χ1) is 9.61. The lowest BCUT2D eigenvalue weighted by atomic mass is 10.1. The third-order valence-electron chi connectivity index (χ3n) is 3.13. The summed E-state index contributed by atoms with van der Waals surface area (Å²) in [5, 5.41) is 3.97. The van der Waals surface area contributed by atoms with Crippen LogP contribution in [-0.4, -0.2) is 31.4 Å². The van der Waals surface area contributed by atoms with Crippen molar-refractivity contribution in [2.75, 3.05) is 13.7 Å². The van der Waals surface area contributed by atoms with Crippen molar-refractivity contribution in [1.29, 1.82) is 0 Å². The highest BCUT2D eigenvalue weighted by Crippen LogP contribution is 2.18. The molecule has 0 spiro atoms. The van der Waals surface area contributed by atoms with Crippen molar-refractivity contribution in [3.63, 3.8) is 0 Å². The highest BCUT2D eigenvalue weighted by atomic mass is 19.1. The molecule has 1 fully saturated rings. The maximum atomic E-state index is 13.6. The molecule has 1 aliphatic rings. The average Bonchev–Trinajstić information content (AvgIpc) is 2.98. The Bertz CT molecular complexity index is 525. The highest BCUT2D eigenvalue weighted by molar-refractivity contribution is 5.99. The molecule has 1 aromatic carbocycles. The van der Waals surface area contributed by atoms with Crippen molar-refractivity contribution in [1.82, 2.24) is 5.43 Å². The number of nitrogens with one attached hydrogen (secondary N) is 1. The summed E-state index contributed by atoms with van der Waals surface area (Å²) < 4.78 is 23.7. The van der Waals surface area contributed by atoms with E-state index in [1.807, 2.05) is 0 Å². The van der Waals surface area contributed by atoms with E-state index in [1.165, 1.54) is 19.2 Å². The first-order valence-corrected chi connectivity index (χ1v) is 6.41. The Hall–Kier alpha value is -1.95. The third-order valence-corrected chi connectivity index (χ3v) is 3.13. The summed E-state index contributed by atoms with van der Waals surface area (Å²) in [5.41, 5.74) is 3.53. The second-order valence-corrected chi connectivity index (χ2v) is 4.52. The van der Waals surface area contributed by atoms with Crippen molar-refractivity contribution in [2.24, 2.45) is 5.10 Å². The zero-order valence-corrected chi connectivity index (χ0v) is 11.5. The SMILES string of the molecule is COc1ccc(C(C)=NNC(=O)C2CCCO2)cc1F. The monoisotopic (exact) mass is 280 g/mol. The predicted molar refractivity (Wildman–Crippen MR) is 72.3 cm³/mol. The maximum absolute atomic E-state index is 13.6. The predicted octanol–water partition coefficient (Wildman–Crippen LogP) is 1.85. The Labute approximate surface area is 116 Å². The summed E-state index contributed by atoms with van der Waals surface area (Å²) >= 11 is 0. The van der Waals surface area contributed by atoms with Crippen LogP contribution in [0.5, 0.6) is 5.75 Å². The number of benzene rings is 1. The molecule has 0 saturated carbocycles. The van der Waals surface area contributed by atoms with Gasteiger partial charge in [-0.05, 0) is 38.0 Å². The topological polar surface area (TPSA) is 59.9 Å². The van der Waals surface area contributed by atoms with Gasteiger partial charge in [0.2, 0.25) is 0 Å². The summed E-state index contributed by atoms with van der Waals surface area (Å²) in [4.78, 5) is 11.7. The van der Waals surface area contributed by atoms with Crippen molar-refractivity contribution in [3.05, 3.63) is 29.6 Å². The number of methoxy groups -OCH3 is 1. The standard InChI is InChI=1S/C14H17FN2O3/c1-9(10-5-6-12(19-2)11(15)8-10)16-17-14(18)13-4-3-7-20-13/h5-6,8,13H,3-4,7H2,1-2H3,(H,17,18). The van der Waals surface area contributed by atoms with Gasteiger partial charge >= 0.3 is 0 Å². The molecule has 0 aromatic heterocycles. The zero-order valence-electron chi connectivity index (χ0n) is 11.5. The van der Waals surface area contributed by atoms with Gasteiger partial charge in [-0.3, -0.25) is 4.79 Å². The van der Waals surface area contributed by atoms with Crippen LogP contribution in [0.1, 0.15) is 25.3 Å². The number of nitrogens with zero attached hydrogens (tertiary/aromatic N) is 1. The molecular weight excluding hydrogens is 263 g/mol. The largest absolute Gasteiger partial charge is 0.494 e. The number of hydrazone groups is 1. The van der Waals surface area contributed by atoms with Gasteiger partial charge in [0, 0.05) is 12.2 Å². The Morgan fingerprint density at radius 1 is 1.55 bits per heavy atom. The van der Waals surface area contributed by atoms with Crippen LogP contribution in [0, 0.1) is 5.82 Å². The molecule has 6 heteroatoms. The van der Waals surface area contributed by atoms with E-state index >= 15 is 0 Å². The number of halogens is 1. The molecule has 20 heavy (non-hydrogen) atoms. The van der Waals surface area contributed by atoms with Crippen LogP contribution in [0.25, 0.3) is 0 Å². The van der Waals surface area contributed by atoms with Gasteiger partial charge in [0.1, 0.15) is 6.10 Å². The Morgan fingerprint density at radius 3 is 2.95 bits per heavy atom.